The van der Waals surface area contributed by atoms with Gasteiger partial charge in [0.15, 0.2) is 0 Å². The lowest BCUT2D eigenvalue weighted by atomic mass is 9.97. The molecule has 3 rings (SSSR count). The number of fused-ring (bicyclic) bond motifs is 1. The molecule has 0 atom stereocenters. The minimum Gasteiger partial charge on any atom is -0.481 e. The van der Waals surface area contributed by atoms with Crippen LogP contribution in [0, 0.1) is 5.92 Å². The van der Waals surface area contributed by atoms with Crippen molar-refractivity contribution in [2.75, 3.05) is 23.7 Å². The fourth-order valence-electron chi connectivity index (χ4n) is 2.53. The van der Waals surface area contributed by atoms with Crippen LogP contribution in [0.15, 0.2) is 24.4 Å². The van der Waals surface area contributed by atoms with Gasteiger partial charge in [0.25, 0.3) is 0 Å². The van der Waals surface area contributed by atoms with Crippen molar-refractivity contribution in [1.82, 2.24) is 9.97 Å². The van der Waals surface area contributed by atoms with Crippen molar-refractivity contribution in [2.24, 2.45) is 5.92 Å². The van der Waals surface area contributed by atoms with Crippen LogP contribution in [-0.2, 0) is 4.79 Å². The Hall–Kier alpha value is -2.37. The highest BCUT2D eigenvalue weighted by Crippen LogP contribution is 2.23. The van der Waals surface area contributed by atoms with Gasteiger partial charge in [0.2, 0.25) is 0 Å². The lowest BCUT2D eigenvalue weighted by Crippen LogP contribution is -2.36. The SMILES string of the molecule is Nc1ccc2nc(N3CCC(C(=O)O)CC3)cnc2c1. The summed E-state index contributed by atoms with van der Waals surface area (Å²) >= 11 is 0. The van der Waals surface area contributed by atoms with E-state index in [2.05, 4.69) is 14.9 Å². The molecule has 104 valence electrons. The first-order valence-electron chi connectivity index (χ1n) is 6.63. The molecule has 1 aromatic heterocycles. The first-order chi connectivity index (χ1) is 9.63. The molecule has 6 nitrogen and oxygen atoms in total. The monoisotopic (exact) mass is 272 g/mol. The van der Waals surface area contributed by atoms with Gasteiger partial charge >= 0.3 is 5.97 Å². The van der Waals surface area contributed by atoms with Gasteiger partial charge in [-0.1, -0.05) is 0 Å². The van der Waals surface area contributed by atoms with Crippen LogP contribution in [0.25, 0.3) is 11.0 Å². The maximum atomic E-state index is 10.9. The van der Waals surface area contributed by atoms with Crippen molar-refractivity contribution in [2.45, 2.75) is 12.8 Å². The fourth-order valence-corrected chi connectivity index (χ4v) is 2.53. The summed E-state index contributed by atoms with van der Waals surface area (Å²) < 4.78 is 0. The number of hydrogen-bond acceptors (Lipinski definition) is 5. The van der Waals surface area contributed by atoms with Crippen molar-refractivity contribution in [3.05, 3.63) is 24.4 Å². The number of anilines is 2. The zero-order valence-electron chi connectivity index (χ0n) is 11.0. The highest BCUT2D eigenvalue weighted by Gasteiger charge is 2.25. The lowest BCUT2D eigenvalue weighted by molar-refractivity contribution is -0.142. The zero-order valence-corrected chi connectivity index (χ0v) is 11.0. The van der Waals surface area contributed by atoms with E-state index in [1.807, 2.05) is 6.07 Å². The topological polar surface area (TPSA) is 92.3 Å². The molecule has 0 bridgehead atoms. The van der Waals surface area contributed by atoms with Gasteiger partial charge in [-0.05, 0) is 31.0 Å². The van der Waals surface area contributed by atoms with Crippen LogP contribution in [-0.4, -0.2) is 34.1 Å². The number of carboxylic acids is 1. The summed E-state index contributed by atoms with van der Waals surface area (Å²) in [6.45, 7) is 1.40. The van der Waals surface area contributed by atoms with Crippen LogP contribution in [0.4, 0.5) is 11.5 Å². The van der Waals surface area contributed by atoms with Gasteiger partial charge in [-0.15, -0.1) is 0 Å². The van der Waals surface area contributed by atoms with Crippen molar-refractivity contribution < 1.29 is 9.90 Å². The van der Waals surface area contributed by atoms with Crippen molar-refractivity contribution >= 4 is 28.5 Å². The van der Waals surface area contributed by atoms with E-state index in [0.29, 0.717) is 31.6 Å². The molecular formula is C14H16N4O2. The average Bonchev–Trinajstić information content (AvgIpc) is 2.47. The zero-order chi connectivity index (χ0) is 14.1. The van der Waals surface area contributed by atoms with E-state index < -0.39 is 5.97 Å². The molecule has 0 unspecified atom stereocenters. The predicted octanol–water partition coefficient (Wildman–Crippen LogP) is 1.51. The normalized spacial score (nSPS) is 16.5. The minimum absolute atomic E-state index is 0.237. The summed E-state index contributed by atoms with van der Waals surface area (Å²) in [5, 5.41) is 9.00. The number of rotatable bonds is 2. The minimum atomic E-state index is -0.704. The predicted molar refractivity (Wildman–Crippen MR) is 76.5 cm³/mol. The number of benzene rings is 1. The number of carbonyl (C=O) groups is 1. The van der Waals surface area contributed by atoms with Crippen LogP contribution in [0.2, 0.25) is 0 Å². The third kappa shape index (κ3) is 2.36. The Morgan fingerprint density at radius 2 is 2.05 bits per heavy atom. The van der Waals surface area contributed by atoms with Gasteiger partial charge in [-0.2, -0.15) is 0 Å². The van der Waals surface area contributed by atoms with Gasteiger partial charge in [-0.25, -0.2) is 4.98 Å². The van der Waals surface area contributed by atoms with Gasteiger partial charge in [-0.3, -0.25) is 9.78 Å². The van der Waals surface area contributed by atoms with Gasteiger partial charge in [0, 0.05) is 18.8 Å². The molecular weight excluding hydrogens is 256 g/mol. The second-order valence-corrected chi connectivity index (χ2v) is 5.08. The molecule has 2 heterocycles. The summed E-state index contributed by atoms with van der Waals surface area (Å²) in [6, 6.07) is 5.45. The Morgan fingerprint density at radius 1 is 1.30 bits per heavy atom. The summed E-state index contributed by atoms with van der Waals surface area (Å²) in [7, 11) is 0. The maximum Gasteiger partial charge on any atom is 0.306 e. The van der Waals surface area contributed by atoms with E-state index in [1.54, 1.807) is 18.3 Å². The Kier molecular flexibility index (Phi) is 3.14. The Balaban J connectivity index is 1.81. The second kappa shape index (κ2) is 4.96. The van der Waals surface area contributed by atoms with E-state index in [-0.39, 0.29) is 5.92 Å². The highest BCUT2D eigenvalue weighted by molar-refractivity contribution is 5.79. The molecule has 1 aromatic carbocycles. The quantitative estimate of drug-likeness (QED) is 0.805. The van der Waals surface area contributed by atoms with E-state index >= 15 is 0 Å². The molecule has 0 amide bonds. The molecule has 0 spiro atoms. The summed E-state index contributed by atoms with van der Waals surface area (Å²) in [4.78, 5) is 22.0. The van der Waals surface area contributed by atoms with Gasteiger partial charge in [0.05, 0.1) is 23.1 Å². The molecule has 6 heteroatoms. The summed E-state index contributed by atoms with van der Waals surface area (Å²) in [5.41, 5.74) is 7.96. The molecule has 1 aliphatic heterocycles. The molecule has 1 aliphatic rings. The van der Waals surface area contributed by atoms with E-state index in [0.717, 1.165) is 16.9 Å². The smallest absolute Gasteiger partial charge is 0.306 e. The van der Waals surface area contributed by atoms with Gasteiger partial charge in [0.1, 0.15) is 5.82 Å². The third-order valence-electron chi connectivity index (χ3n) is 3.72. The summed E-state index contributed by atoms with van der Waals surface area (Å²) in [6.07, 6.45) is 3.02. The first-order valence-corrected chi connectivity index (χ1v) is 6.63. The molecule has 20 heavy (non-hydrogen) atoms. The third-order valence-corrected chi connectivity index (χ3v) is 3.72. The van der Waals surface area contributed by atoms with Crippen molar-refractivity contribution in [3.63, 3.8) is 0 Å². The van der Waals surface area contributed by atoms with Crippen LogP contribution in [0.5, 0.6) is 0 Å². The molecule has 0 radical (unpaired) electrons. The first kappa shape index (κ1) is 12.7. The number of aromatic nitrogens is 2. The standard InChI is InChI=1S/C14H16N4O2/c15-10-1-2-11-12(7-10)16-8-13(17-11)18-5-3-9(4-6-18)14(19)20/h1-2,7-9H,3-6,15H2,(H,19,20). The molecule has 0 saturated carbocycles. The number of aliphatic carboxylic acids is 1. The van der Waals surface area contributed by atoms with Crippen LogP contribution in [0.1, 0.15) is 12.8 Å². The molecule has 0 aliphatic carbocycles. The largest absolute Gasteiger partial charge is 0.481 e. The Bertz CT molecular complexity index is 651. The number of nitrogens with two attached hydrogens (primary N) is 1. The number of hydrogen-bond donors (Lipinski definition) is 2. The molecule has 3 N–H and O–H groups in total. The highest BCUT2D eigenvalue weighted by atomic mass is 16.4. The average molecular weight is 272 g/mol. The fraction of sp³-hybridized carbons (Fsp3) is 0.357. The van der Waals surface area contributed by atoms with Crippen molar-refractivity contribution in [1.29, 1.82) is 0 Å². The van der Waals surface area contributed by atoms with E-state index in [9.17, 15) is 4.79 Å². The Morgan fingerprint density at radius 3 is 2.75 bits per heavy atom. The van der Waals surface area contributed by atoms with Gasteiger partial charge < -0.3 is 15.7 Å². The summed E-state index contributed by atoms with van der Waals surface area (Å²) in [5.74, 6) is -0.143. The van der Waals surface area contributed by atoms with Crippen LogP contribution in [0.3, 0.4) is 0 Å². The molecule has 1 fully saturated rings. The van der Waals surface area contributed by atoms with E-state index in [4.69, 9.17) is 10.8 Å². The molecule has 2 aromatic rings. The van der Waals surface area contributed by atoms with E-state index in [1.165, 1.54) is 0 Å². The second-order valence-electron chi connectivity index (χ2n) is 5.08. The lowest BCUT2D eigenvalue weighted by Gasteiger charge is -2.30. The van der Waals surface area contributed by atoms with Crippen LogP contribution >= 0.6 is 0 Å². The number of nitrogens with zero attached hydrogens (tertiary/aromatic N) is 3. The number of carboxylic acid groups (broad SMARTS) is 1. The molecule has 1 saturated heterocycles. The Labute approximate surface area is 116 Å². The van der Waals surface area contributed by atoms with Crippen molar-refractivity contribution in [3.8, 4) is 0 Å². The maximum absolute atomic E-state index is 10.9. The number of piperidine rings is 1. The van der Waals surface area contributed by atoms with Crippen LogP contribution < -0.4 is 10.6 Å². The number of nitrogen functional groups attached to an aromatic ring is 1.